The fourth-order valence-electron chi connectivity index (χ4n) is 4.91. The van der Waals surface area contributed by atoms with Gasteiger partial charge < -0.3 is 5.32 Å². The third kappa shape index (κ3) is 11.8. The average Bonchev–Trinajstić information content (AvgIpc) is 3.07. The number of nitrogens with zero attached hydrogens (tertiary/aromatic N) is 4. The van der Waals surface area contributed by atoms with Crippen LogP contribution in [0.4, 0.5) is 23.3 Å². The van der Waals surface area contributed by atoms with Gasteiger partial charge in [-0.15, -0.1) is 0 Å². The third-order valence-electron chi connectivity index (χ3n) is 7.83. The van der Waals surface area contributed by atoms with Gasteiger partial charge in [0, 0.05) is 24.3 Å². The average molecular weight is 704 g/mol. The fraction of sp³-hybridized carbons (Fsp3) is 0.333. The summed E-state index contributed by atoms with van der Waals surface area (Å²) >= 11 is 0. The van der Waals surface area contributed by atoms with Gasteiger partial charge in [-0.25, -0.2) is 16.8 Å². The standard InChI is InChI=1S/C36H45N7O4S2/c1-6-7-8-9-10-11-12-28-13-19-31(20-14-28)37-36-38-34(42-40-26(2)29-15-21-32(22-16-29)48(4,44)45)25-35(39-36)43-41-27(3)30-17-23-33(24-18-30)49(5,46)47/h13-25H,6-12H2,1-5H3,(H3,37,38,39,42,43). The minimum absolute atomic E-state index is 0.233. The van der Waals surface area contributed by atoms with Crippen molar-refractivity contribution in [3.63, 3.8) is 0 Å². The summed E-state index contributed by atoms with van der Waals surface area (Å²) in [5.41, 5.74) is 10.8. The van der Waals surface area contributed by atoms with E-state index >= 15 is 0 Å². The first-order chi connectivity index (χ1) is 23.3. The van der Waals surface area contributed by atoms with E-state index in [1.54, 1.807) is 68.4 Å². The molecule has 0 spiro atoms. The van der Waals surface area contributed by atoms with Gasteiger partial charge in [-0.1, -0.05) is 75.4 Å². The number of aryl methyl sites for hydroxylation is 1. The second-order valence-electron chi connectivity index (χ2n) is 12.0. The van der Waals surface area contributed by atoms with Crippen molar-refractivity contribution in [3.8, 4) is 0 Å². The van der Waals surface area contributed by atoms with Crippen molar-refractivity contribution in [2.45, 2.75) is 75.5 Å². The maximum atomic E-state index is 11.8. The lowest BCUT2D eigenvalue weighted by molar-refractivity contribution is 0.600. The molecule has 1 aromatic heterocycles. The Bertz CT molecular complexity index is 1870. The van der Waals surface area contributed by atoms with E-state index in [0.29, 0.717) is 29.0 Å². The molecule has 0 fully saturated rings. The summed E-state index contributed by atoms with van der Waals surface area (Å²) in [4.78, 5) is 9.67. The number of hydrogen-bond acceptors (Lipinski definition) is 11. The second kappa shape index (κ2) is 17.2. The van der Waals surface area contributed by atoms with Crippen LogP contribution in [0, 0.1) is 0 Å². The van der Waals surface area contributed by atoms with Crippen LogP contribution < -0.4 is 16.2 Å². The fourth-order valence-corrected chi connectivity index (χ4v) is 6.17. The normalized spacial score (nSPS) is 12.5. The predicted octanol–water partition coefficient (Wildman–Crippen LogP) is 7.60. The summed E-state index contributed by atoms with van der Waals surface area (Å²) in [6.45, 7) is 5.84. The van der Waals surface area contributed by atoms with Crippen LogP contribution >= 0.6 is 0 Å². The van der Waals surface area contributed by atoms with Gasteiger partial charge in [0.1, 0.15) is 0 Å². The number of aromatic nitrogens is 2. The number of anilines is 4. The smallest absolute Gasteiger partial charge is 0.231 e. The lowest BCUT2D eigenvalue weighted by atomic mass is 10.0. The number of benzene rings is 3. The quantitative estimate of drug-likeness (QED) is 0.0573. The minimum Gasteiger partial charge on any atom is -0.324 e. The van der Waals surface area contributed by atoms with Crippen molar-refractivity contribution < 1.29 is 16.8 Å². The third-order valence-corrected chi connectivity index (χ3v) is 10.1. The number of hydrazone groups is 2. The van der Waals surface area contributed by atoms with E-state index in [-0.39, 0.29) is 9.79 Å². The van der Waals surface area contributed by atoms with Crippen molar-refractivity contribution in [2.24, 2.45) is 10.2 Å². The van der Waals surface area contributed by atoms with Crippen LogP contribution in [0.2, 0.25) is 0 Å². The molecule has 49 heavy (non-hydrogen) atoms. The van der Waals surface area contributed by atoms with Crippen molar-refractivity contribution in [3.05, 3.63) is 95.6 Å². The molecule has 0 aliphatic heterocycles. The van der Waals surface area contributed by atoms with Crippen molar-refractivity contribution >= 4 is 54.4 Å². The number of sulfone groups is 2. The Balaban J connectivity index is 1.52. The first kappa shape index (κ1) is 37.2. The van der Waals surface area contributed by atoms with Crippen molar-refractivity contribution in [1.82, 2.24) is 9.97 Å². The SMILES string of the molecule is CCCCCCCCc1ccc(Nc2nc(NN=C(C)c3ccc(S(C)(=O)=O)cc3)cc(NN=C(C)c3ccc(S(C)(=O)=O)cc3)n2)cc1. The van der Waals surface area contributed by atoms with Gasteiger partial charge in [-0.05, 0) is 79.8 Å². The Morgan fingerprint density at radius 2 is 1.08 bits per heavy atom. The maximum Gasteiger partial charge on any atom is 0.231 e. The van der Waals surface area contributed by atoms with Crippen molar-refractivity contribution in [2.75, 3.05) is 28.7 Å². The summed E-state index contributed by atoms with van der Waals surface area (Å²) in [5, 5.41) is 12.2. The van der Waals surface area contributed by atoms with Crippen LogP contribution in [0.3, 0.4) is 0 Å². The Kier molecular flexibility index (Phi) is 13.0. The van der Waals surface area contributed by atoms with E-state index in [0.717, 1.165) is 23.2 Å². The predicted molar refractivity (Wildman–Crippen MR) is 200 cm³/mol. The van der Waals surface area contributed by atoms with Crippen LogP contribution in [0.1, 0.15) is 76.0 Å². The number of rotatable bonds is 17. The summed E-state index contributed by atoms with van der Waals surface area (Å²) < 4.78 is 47.4. The van der Waals surface area contributed by atoms with Gasteiger partial charge in [0.15, 0.2) is 31.3 Å². The zero-order valence-corrected chi connectivity index (χ0v) is 30.3. The zero-order chi connectivity index (χ0) is 35.4. The van der Waals surface area contributed by atoms with Gasteiger partial charge in [0.2, 0.25) is 5.95 Å². The summed E-state index contributed by atoms with van der Waals surface area (Å²) in [6, 6.07) is 22.9. The van der Waals surface area contributed by atoms with Crippen LogP contribution in [-0.4, -0.2) is 50.7 Å². The van der Waals surface area contributed by atoms with E-state index in [1.807, 2.05) is 12.1 Å². The minimum atomic E-state index is -3.31. The zero-order valence-electron chi connectivity index (χ0n) is 28.7. The molecule has 13 heteroatoms. The first-order valence-electron chi connectivity index (χ1n) is 16.3. The lowest BCUT2D eigenvalue weighted by Crippen LogP contribution is -2.07. The Hall–Kier alpha value is -4.62. The van der Waals surface area contributed by atoms with E-state index < -0.39 is 19.7 Å². The van der Waals surface area contributed by atoms with Gasteiger partial charge in [0.25, 0.3) is 0 Å². The maximum absolute atomic E-state index is 11.8. The highest BCUT2D eigenvalue weighted by atomic mass is 32.2. The molecule has 0 unspecified atom stereocenters. The first-order valence-corrected chi connectivity index (χ1v) is 20.1. The Morgan fingerprint density at radius 3 is 1.53 bits per heavy atom. The highest BCUT2D eigenvalue weighted by Crippen LogP contribution is 2.21. The molecule has 4 rings (SSSR count). The van der Waals surface area contributed by atoms with E-state index in [1.165, 1.54) is 56.6 Å². The van der Waals surface area contributed by atoms with Crippen molar-refractivity contribution in [1.29, 1.82) is 0 Å². The molecule has 0 saturated carbocycles. The van der Waals surface area contributed by atoms with E-state index in [9.17, 15) is 16.8 Å². The van der Waals surface area contributed by atoms with Crippen LogP contribution in [0.5, 0.6) is 0 Å². The Morgan fingerprint density at radius 1 is 0.633 bits per heavy atom. The second-order valence-corrected chi connectivity index (χ2v) is 16.0. The van der Waals surface area contributed by atoms with Gasteiger partial charge >= 0.3 is 0 Å². The molecule has 3 aromatic carbocycles. The molecule has 0 aliphatic carbocycles. The number of unbranched alkanes of at least 4 members (excludes halogenated alkanes) is 5. The molecule has 0 bridgehead atoms. The van der Waals surface area contributed by atoms with Gasteiger partial charge in [-0.2, -0.15) is 20.2 Å². The molecule has 4 aromatic rings. The highest BCUT2D eigenvalue weighted by Gasteiger charge is 2.10. The molecule has 0 atom stereocenters. The van der Waals surface area contributed by atoms with Gasteiger partial charge in [0.05, 0.1) is 21.2 Å². The molecule has 11 nitrogen and oxygen atoms in total. The summed E-state index contributed by atoms with van der Waals surface area (Å²) in [5.74, 6) is 1.08. The molecule has 3 N–H and O–H groups in total. The molecule has 1 heterocycles. The monoisotopic (exact) mass is 703 g/mol. The molecule has 0 aliphatic rings. The molecule has 0 radical (unpaired) electrons. The van der Waals surface area contributed by atoms with Crippen LogP contribution in [0.25, 0.3) is 0 Å². The molecular weight excluding hydrogens is 659 g/mol. The van der Waals surface area contributed by atoms with E-state index in [2.05, 4.69) is 55.4 Å². The summed E-state index contributed by atoms with van der Waals surface area (Å²) in [6.07, 6.45) is 10.9. The highest BCUT2D eigenvalue weighted by molar-refractivity contribution is 7.91. The molecular formula is C36H45N7O4S2. The largest absolute Gasteiger partial charge is 0.324 e. The summed E-state index contributed by atoms with van der Waals surface area (Å²) in [7, 11) is -6.61. The topological polar surface area (TPSA) is 155 Å². The number of hydrogen-bond donors (Lipinski definition) is 3. The molecule has 0 amide bonds. The van der Waals surface area contributed by atoms with Crippen LogP contribution in [0.15, 0.2) is 98.9 Å². The van der Waals surface area contributed by atoms with E-state index in [4.69, 9.17) is 0 Å². The van der Waals surface area contributed by atoms with Crippen LogP contribution in [-0.2, 0) is 26.1 Å². The van der Waals surface area contributed by atoms with Gasteiger partial charge in [-0.3, -0.25) is 10.9 Å². The lowest BCUT2D eigenvalue weighted by Gasteiger charge is -2.11. The Labute approximate surface area is 290 Å². The number of nitrogens with one attached hydrogen (secondary N) is 3. The molecule has 260 valence electrons. The molecule has 0 saturated heterocycles.